The Labute approximate surface area is 558 Å². The lowest BCUT2D eigenvalue weighted by Gasteiger charge is -2.46. The summed E-state index contributed by atoms with van der Waals surface area (Å²) in [5, 5.41) is 184. The Bertz CT molecular complexity index is 3340. The SMILES string of the molecule is Cc1ccc(OC[C@@H]2O[C@@H](O[C@H]3[C@@H](O)[C@@H](O)[C@@H](Oc4ccc(C[C@H]5NC(=O)[C@@H]([C@H](C)c6ccccc6)N=C([O-])C[NH+]=C(O)C(CO)NC(=O)[C@@H]([C@H](O)[C@@H]6CNC(N)=[N+]6[C@@H]6O[C@@H](CO)[C@H](O)[C@H](O)[C@@H]6O)NC(=O)[C@H]([C@H](O)[C@@H]6C[NH+]=C(N)N6)NC5=O)cc4)O[C@@H]3CO)[C@@H](O)[C@@H](O)[C@H]2O)cc1. The molecule has 538 valence electrons. The first-order valence-corrected chi connectivity index (χ1v) is 31.5. The number of benzene rings is 3. The maximum Gasteiger partial charge on any atom is 0.358 e. The van der Waals surface area contributed by atoms with Crippen molar-refractivity contribution in [1.29, 1.82) is 0 Å². The maximum absolute atomic E-state index is 15.2. The van der Waals surface area contributed by atoms with Crippen LogP contribution < -0.4 is 67.9 Å². The van der Waals surface area contributed by atoms with E-state index in [4.69, 9.17) is 39.9 Å². The molecule has 37 heteroatoms. The minimum Gasteiger partial charge on any atom is -0.858 e. The first-order valence-electron chi connectivity index (χ1n) is 31.5. The summed E-state index contributed by atoms with van der Waals surface area (Å²) in [5.41, 5.74) is 13.9. The summed E-state index contributed by atoms with van der Waals surface area (Å²) < 4.78 is 35.9. The van der Waals surface area contributed by atoms with Gasteiger partial charge in [-0.15, -0.1) is 0 Å². The highest BCUT2D eigenvalue weighted by Crippen LogP contribution is 2.32. The highest BCUT2D eigenvalue weighted by Gasteiger charge is 2.55. The summed E-state index contributed by atoms with van der Waals surface area (Å²) in [5.74, 6) is -8.11. The molecule has 1 unspecified atom stereocenters. The van der Waals surface area contributed by atoms with Crippen molar-refractivity contribution >= 4 is 47.3 Å². The number of aryl methyl sites for hydroxylation is 1. The Kier molecular flexibility index (Phi) is 24.8. The van der Waals surface area contributed by atoms with Gasteiger partial charge in [0.15, 0.2) is 18.9 Å². The molecule has 3 fully saturated rings. The Hall–Kier alpha value is -8.06. The van der Waals surface area contributed by atoms with Crippen LogP contribution in [0.2, 0.25) is 0 Å². The average Bonchev–Trinajstić information content (AvgIpc) is 1.42. The van der Waals surface area contributed by atoms with Crippen LogP contribution >= 0.6 is 0 Å². The Balaban J connectivity index is 1.00. The van der Waals surface area contributed by atoms with Crippen molar-refractivity contribution in [3.8, 4) is 11.5 Å². The van der Waals surface area contributed by atoms with E-state index in [0.29, 0.717) is 11.3 Å². The van der Waals surface area contributed by atoms with E-state index in [-0.39, 0.29) is 36.4 Å². The van der Waals surface area contributed by atoms with Crippen LogP contribution in [0.5, 0.6) is 11.5 Å². The first kappa shape index (κ1) is 74.2. The van der Waals surface area contributed by atoms with E-state index in [1.165, 1.54) is 24.3 Å². The number of carbonyl (C=O) groups is 4. The number of aliphatic hydroxyl groups excluding tert-OH is 14. The molecule has 3 saturated heterocycles. The molecule has 37 nitrogen and oxygen atoms in total. The molecule has 3 aromatic carbocycles. The zero-order valence-electron chi connectivity index (χ0n) is 52.9. The highest BCUT2D eigenvalue weighted by molar-refractivity contribution is 5.97. The molecule has 0 bridgehead atoms. The molecular weight excluding hydrogens is 1300 g/mol. The van der Waals surface area contributed by atoms with Crippen LogP contribution in [0.25, 0.3) is 0 Å². The molecule has 0 aromatic heterocycles. The fraction of sp³-hybridized carbons (Fsp3) is 0.574. The number of hydrogen-bond donors (Lipinski definition) is 24. The lowest BCUT2D eigenvalue weighted by atomic mass is 9.92. The molecule has 4 amide bonds. The number of aliphatic imine (C=N–C) groups is 1. The van der Waals surface area contributed by atoms with Crippen LogP contribution in [0, 0.1) is 6.92 Å². The van der Waals surface area contributed by atoms with E-state index >= 15 is 9.59 Å². The molecule has 0 radical (unpaired) electrons. The fourth-order valence-corrected chi connectivity index (χ4v) is 12.1. The van der Waals surface area contributed by atoms with Gasteiger partial charge in [-0.2, -0.15) is 0 Å². The smallest absolute Gasteiger partial charge is 0.358 e. The summed E-state index contributed by atoms with van der Waals surface area (Å²) in [6.45, 7) is -1.25. The molecule has 3 aromatic rings. The second-order valence-electron chi connectivity index (χ2n) is 24.6. The Morgan fingerprint density at radius 2 is 1.26 bits per heavy atom. The maximum atomic E-state index is 15.2. The van der Waals surface area contributed by atoms with E-state index < -0.39 is 227 Å². The van der Waals surface area contributed by atoms with E-state index in [9.17, 15) is 86.2 Å². The molecule has 9 rings (SSSR count). The van der Waals surface area contributed by atoms with Crippen LogP contribution in [-0.4, -0.2) is 316 Å². The Morgan fingerprint density at radius 3 is 1.91 bits per heavy atom. The average molecular weight is 1390 g/mol. The van der Waals surface area contributed by atoms with Crippen LogP contribution in [0.3, 0.4) is 0 Å². The molecule has 6 aliphatic heterocycles. The van der Waals surface area contributed by atoms with Crippen LogP contribution in [0.1, 0.15) is 29.5 Å². The van der Waals surface area contributed by atoms with Gasteiger partial charge >= 0.3 is 17.8 Å². The van der Waals surface area contributed by atoms with Gasteiger partial charge in [-0.3, -0.25) is 51.3 Å². The third-order valence-electron chi connectivity index (χ3n) is 17.8. The van der Waals surface area contributed by atoms with E-state index in [1.807, 2.05) is 6.92 Å². The molecule has 6 heterocycles. The fourth-order valence-electron chi connectivity index (χ4n) is 12.1. The topological polar surface area (TPSA) is 597 Å². The van der Waals surface area contributed by atoms with Crippen molar-refractivity contribution in [2.75, 3.05) is 46.1 Å². The third-order valence-corrected chi connectivity index (χ3v) is 17.8. The third kappa shape index (κ3) is 17.0. The van der Waals surface area contributed by atoms with Crippen LogP contribution in [0.4, 0.5) is 0 Å². The second-order valence-corrected chi connectivity index (χ2v) is 24.6. The molecule has 0 spiro atoms. The van der Waals surface area contributed by atoms with E-state index in [1.54, 1.807) is 61.5 Å². The molecule has 0 aliphatic carbocycles. The number of amides is 4. The zero-order valence-corrected chi connectivity index (χ0v) is 52.9. The molecule has 25 atom stereocenters. The number of nitrogens with one attached hydrogen (secondary N) is 8. The van der Waals surface area contributed by atoms with Crippen molar-refractivity contribution < 1.29 is 139 Å². The van der Waals surface area contributed by atoms with Crippen molar-refractivity contribution in [3.63, 3.8) is 0 Å². The largest absolute Gasteiger partial charge is 0.858 e. The van der Waals surface area contributed by atoms with Gasteiger partial charge in [0.1, 0.15) is 146 Å². The summed E-state index contributed by atoms with van der Waals surface area (Å²) >= 11 is 0. The lowest BCUT2D eigenvalue weighted by molar-refractivity contribution is -0.663. The number of carbonyl (C=O) groups excluding carboxylic acids is 4. The number of guanidine groups is 2. The van der Waals surface area contributed by atoms with Crippen molar-refractivity contribution in [1.82, 2.24) is 31.9 Å². The predicted molar refractivity (Wildman–Crippen MR) is 330 cm³/mol. The highest BCUT2D eigenvalue weighted by atomic mass is 16.7. The normalized spacial score (nSPS) is 35.6. The number of hydrogen-bond acceptors (Lipinski definition) is 29. The van der Waals surface area contributed by atoms with Gasteiger partial charge in [0.05, 0.1) is 26.4 Å². The van der Waals surface area contributed by atoms with Gasteiger partial charge in [0, 0.05) is 18.2 Å². The number of nitrogens with zero attached hydrogens (tertiary/aromatic N) is 2. The van der Waals surface area contributed by atoms with Gasteiger partial charge in [-0.25, -0.2) is 9.57 Å². The van der Waals surface area contributed by atoms with Gasteiger partial charge in [-0.1, -0.05) is 67.1 Å². The van der Waals surface area contributed by atoms with Crippen molar-refractivity contribution in [2.24, 2.45) is 16.5 Å². The standard InChI is InChI=1S/C61H84N12O25/c1-24-8-12-28(13-9-24)93-23-36-44(81)46(83)49(86)59(97-36)98-51-35(22-76)96-58(50(87)47(51)84)94-29-14-10-26(11-15-29)16-30-53(89)71-39(41(78)31-17-65-60(62)69-31)56(92)72-40(42(79)33-18-66-61(63)73(33)57-48(85)45(82)43(80)34(21-75)95-57)55(91)68-32(20-74)52(88)64-19-37(77)70-38(54(90)67-30)25(2)27-6-4-3-5-7-27/h3-15,25,30-36,38-51,57-59,74-76,78-87H,16-23H2,1-2H3,(H11,62,63,64,65,66,67,68,69,70,71,72,77,88,89,90,91,92)/p+2/t25-,30-,31+,32?,33+,34+,35-,36+,38-,39+,40-,41-,42-,43+,44+,45+,46+,47+,48+,49+,50-,51-,57-,58+,59+/m1/s1. The number of nitrogens with two attached hydrogens (primary N) is 2. The minimum absolute atomic E-state index is 0.0604. The summed E-state index contributed by atoms with van der Waals surface area (Å²) in [6, 6.07) is 8.01. The molecular formula is C61H86N12O25+2. The quantitative estimate of drug-likeness (QED) is 0.0496. The molecule has 26 N–H and O–H groups in total. The minimum atomic E-state index is -2.30. The summed E-state index contributed by atoms with van der Waals surface area (Å²) in [6.07, 6.45) is -31.1. The first-order chi connectivity index (χ1) is 46.7. The number of rotatable bonds is 19. The predicted octanol–water partition coefficient (Wildman–Crippen LogP) is -15.3. The van der Waals surface area contributed by atoms with Crippen LogP contribution in [-0.2, 0) is 44.5 Å². The summed E-state index contributed by atoms with van der Waals surface area (Å²) in [4.78, 5) is 69.1. The molecule has 6 aliphatic rings. The lowest BCUT2D eigenvalue weighted by Crippen LogP contribution is -2.80. The van der Waals surface area contributed by atoms with Gasteiger partial charge < -0.3 is 126 Å². The molecule has 98 heavy (non-hydrogen) atoms. The second kappa shape index (κ2) is 32.7. The van der Waals surface area contributed by atoms with Gasteiger partial charge in [0.25, 0.3) is 0 Å². The Morgan fingerprint density at radius 1 is 0.653 bits per heavy atom. The number of aliphatic hydroxyl groups is 14. The van der Waals surface area contributed by atoms with Crippen molar-refractivity contribution in [3.05, 3.63) is 95.6 Å². The zero-order chi connectivity index (χ0) is 71.0. The summed E-state index contributed by atoms with van der Waals surface area (Å²) in [7, 11) is 0. The van der Waals surface area contributed by atoms with Crippen molar-refractivity contribution in [2.45, 2.75) is 173 Å². The van der Waals surface area contributed by atoms with Crippen LogP contribution in [0.15, 0.2) is 83.9 Å². The molecule has 0 saturated carbocycles. The number of ether oxygens (including phenoxy) is 6. The van der Waals surface area contributed by atoms with Gasteiger partial charge in [0.2, 0.25) is 36.1 Å². The van der Waals surface area contributed by atoms with E-state index in [0.717, 1.165) is 10.1 Å². The van der Waals surface area contributed by atoms with E-state index in [2.05, 4.69) is 46.9 Å². The monoisotopic (exact) mass is 1390 g/mol. The van der Waals surface area contributed by atoms with Gasteiger partial charge in [-0.05, 0) is 42.3 Å².